The van der Waals surface area contributed by atoms with E-state index in [1.54, 1.807) is 6.92 Å². The minimum atomic E-state index is -3.61. The van der Waals surface area contributed by atoms with Crippen LogP contribution >= 0.6 is 0 Å². The van der Waals surface area contributed by atoms with Gasteiger partial charge in [-0.05, 0) is 12.5 Å². The molecule has 116 valence electrons. The van der Waals surface area contributed by atoms with Crippen molar-refractivity contribution in [2.75, 3.05) is 13.2 Å². The molecule has 1 aromatic carbocycles. The number of nitro groups is 1. The lowest BCUT2D eigenvalue weighted by Gasteiger charge is -2.06. The van der Waals surface area contributed by atoms with Gasteiger partial charge in [0.1, 0.15) is 0 Å². The number of esters is 1. The highest BCUT2D eigenvalue weighted by Crippen LogP contribution is 2.13. The molecule has 0 amide bonds. The molecule has 0 spiro atoms. The molecule has 0 radical (unpaired) electrons. The Hall–Kier alpha value is -2.00. The summed E-state index contributed by atoms with van der Waals surface area (Å²) in [5.74, 6) is -0.788. The second-order valence-electron chi connectivity index (χ2n) is 4.13. The minimum absolute atomic E-state index is 0.0475. The van der Waals surface area contributed by atoms with Gasteiger partial charge < -0.3 is 4.74 Å². The van der Waals surface area contributed by atoms with E-state index in [4.69, 9.17) is 0 Å². The number of hydrogen-bond acceptors (Lipinski definition) is 6. The Morgan fingerprint density at radius 3 is 2.48 bits per heavy atom. The number of ether oxygens (including phenoxy) is 1. The first kappa shape index (κ1) is 17.1. The Kier molecular flexibility index (Phi) is 6.25. The summed E-state index contributed by atoms with van der Waals surface area (Å²) >= 11 is 0. The second-order valence-corrected chi connectivity index (χ2v) is 5.94. The van der Waals surface area contributed by atoms with Gasteiger partial charge in [-0.3, -0.25) is 14.9 Å². The van der Waals surface area contributed by atoms with Crippen molar-refractivity contribution in [2.45, 2.75) is 19.1 Å². The molecule has 9 heteroatoms. The Morgan fingerprint density at radius 1 is 1.33 bits per heavy atom. The highest BCUT2D eigenvalue weighted by atomic mass is 32.2. The van der Waals surface area contributed by atoms with Gasteiger partial charge in [0.15, 0.2) is 0 Å². The number of nitrogens with one attached hydrogen (secondary N) is 1. The van der Waals surface area contributed by atoms with Crippen LogP contribution in [-0.4, -0.2) is 32.5 Å². The molecule has 8 nitrogen and oxygen atoms in total. The molecule has 0 unspecified atom stereocenters. The van der Waals surface area contributed by atoms with Gasteiger partial charge in [0.25, 0.3) is 5.69 Å². The van der Waals surface area contributed by atoms with Gasteiger partial charge in [-0.15, -0.1) is 0 Å². The van der Waals surface area contributed by atoms with Crippen LogP contribution in [0.1, 0.15) is 18.9 Å². The average Bonchev–Trinajstić information content (AvgIpc) is 2.38. The van der Waals surface area contributed by atoms with Gasteiger partial charge in [-0.1, -0.05) is 12.1 Å². The molecule has 0 atom stereocenters. The molecule has 0 saturated heterocycles. The van der Waals surface area contributed by atoms with Crippen molar-refractivity contribution in [3.05, 3.63) is 39.9 Å². The van der Waals surface area contributed by atoms with E-state index in [0.717, 1.165) is 0 Å². The normalized spacial score (nSPS) is 11.1. The average molecular weight is 316 g/mol. The maximum absolute atomic E-state index is 11.8. The summed E-state index contributed by atoms with van der Waals surface area (Å²) in [7, 11) is -3.61. The summed E-state index contributed by atoms with van der Waals surface area (Å²) in [6.07, 6.45) is -0.0483. The van der Waals surface area contributed by atoms with Gasteiger partial charge in [-0.2, -0.15) is 0 Å². The topological polar surface area (TPSA) is 116 Å². The highest BCUT2D eigenvalue weighted by Gasteiger charge is 2.13. The fraction of sp³-hybridized carbons (Fsp3) is 0.417. The zero-order chi connectivity index (χ0) is 15.9. The SMILES string of the molecule is CCOC(=O)CCNS(=O)(=O)Cc1ccc([N+](=O)[O-])cc1. The highest BCUT2D eigenvalue weighted by molar-refractivity contribution is 7.88. The molecule has 0 bridgehead atoms. The third-order valence-corrected chi connectivity index (χ3v) is 3.82. The fourth-order valence-electron chi connectivity index (χ4n) is 1.53. The third kappa shape index (κ3) is 6.32. The van der Waals surface area contributed by atoms with Crippen molar-refractivity contribution in [1.82, 2.24) is 4.72 Å². The van der Waals surface area contributed by atoms with Gasteiger partial charge in [0.05, 0.1) is 23.7 Å². The summed E-state index contributed by atoms with van der Waals surface area (Å²) in [6.45, 7) is 1.86. The molecule has 1 aromatic rings. The van der Waals surface area contributed by atoms with Crippen molar-refractivity contribution in [3.63, 3.8) is 0 Å². The number of nitrogens with zero attached hydrogens (tertiary/aromatic N) is 1. The molecule has 0 saturated carbocycles. The zero-order valence-electron chi connectivity index (χ0n) is 11.4. The van der Waals surface area contributed by atoms with Crippen LogP contribution in [0.5, 0.6) is 0 Å². The molecule has 0 aliphatic rings. The van der Waals surface area contributed by atoms with E-state index in [2.05, 4.69) is 9.46 Å². The number of carbonyl (C=O) groups is 1. The predicted molar refractivity (Wildman–Crippen MR) is 75.0 cm³/mol. The molecule has 21 heavy (non-hydrogen) atoms. The van der Waals surface area contributed by atoms with Crippen LogP contribution in [0.15, 0.2) is 24.3 Å². The van der Waals surface area contributed by atoms with Crippen LogP contribution in [0.4, 0.5) is 5.69 Å². The standard InChI is InChI=1S/C12H16N2O6S/c1-2-20-12(15)7-8-13-21(18,19)9-10-3-5-11(6-4-10)14(16)17/h3-6,13H,2,7-9H2,1H3. The number of carbonyl (C=O) groups excluding carboxylic acids is 1. The lowest BCUT2D eigenvalue weighted by molar-refractivity contribution is -0.384. The largest absolute Gasteiger partial charge is 0.466 e. The van der Waals surface area contributed by atoms with Crippen LogP contribution in [-0.2, 0) is 25.3 Å². The molecule has 0 heterocycles. The Labute approximate surface area is 122 Å². The first-order valence-electron chi connectivity index (χ1n) is 6.20. The first-order valence-corrected chi connectivity index (χ1v) is 7.85. The van der Waals surface area contributed by atoms with Crippen molar-refractivity contribution in [3.8, 4) is 0 Å². The second kappa shape index (κ2) is 7.70. The Balaban J connectivity index is 2.52. The van der Waals surface area contributed by atoms with Crippen LogP contribution in [0.2, 0.25) is 0 Å². The molecule has 0 aliphatic heterocycles. The molecule has 1 N–H and O–H groups in total. The number of non-ortho nitro benzene ring substituents is 1. The van der Waals surface area contributed by atoms with E-state index in [-0.39, 0.29) is 31.0 Å². The lowest BCUT2D eigenvalue weighted by Crippen LogP contribution is -2.28. The number of sulfonamides is 1. The van der Waals surface area contributed by atoms with Crippen LogP contribution < -0.4 is 4.72 Å². The van der Waals surface area contributed by atoms with Gasteiger partial charge in [0.2, 0.25) is 10.0 Å². The van der Waals surface area contributed by atoms with E-state index < -0.39 is 20.9 Å². The molecular weight excluding hydrogens is 300 g/mol. The maximum Gasteiger partial charge on any atom is 0.307 e. The van der Waals surface area contributed by atoms with Crippen LogP contribution in [0.3, 0.4) is 0 Å². The van der Waals surface area contributed by atoms with Crippen molar-refractivity contribution >= 4 is 21.7 Å². The van der Waals surface area contributed by atoms with Gasteiger partial charge in [0, 0.05) is 18.7 Å². The predicted octanol–water partition coefficient (Wildman–Crippen LogP) is 0.967. The summed E-state index contributed by atoms with van der Waals surface area (Å²) in [4.78, 5) is 21.0. The third-order valence-electron chi connectivity index (χ3n) is 2.46. The fourth-order valence-corrected chi connectivity index (χ4v) is 2.67. The number of nitro benzene ring substituents is 1. The summed E-state index contributed by atoms with van der Waals surface area (Å²) < 4.78 is 30.5. The van der Waals surface area contributed by atoms with Crippen LogP contribution in [0.25, 0.3) is 0 Å². The lowest BCUT2D eigenvalue weighted by atomic mass is 10.2. The minimum Gasteiger partial charge on any atom is -0.466 e. The molecule has 1 rings (SSSR count). The molecule has 0 aliphatic carbocycles. The Bertz CT molecular complexity index is 597. The number of hydrogen-bond donors (Lipinski definition) is 1. The monoisotopic (exact) mass is 316 g/mol. The molecule has 0 aromatic heterocycles. The first-order chi connectivity index (χ1) is 9.84. The number of rotatable bonds is 8. The Morgan fingerprint density at radius 2 is 1.95 bits per heavy atom. The van der Waals surface area contributed by atoms with E-state index in [1.807, 2.05) is 0 Å². The zero-order valence-corrected chi connectivity index (χ0v) is 12.3. The van der Waals surface area contributed by atoms with Crippen molar-refractivity contribution in [1.29, 1.82) is 0 Å². The summed E-state index contributed by atoms with van der Waals surface area (Å²) in [5, 5.41) is 10.5. The van der Waals surface area contributed by atoms with Gasteiger partial charge >= 0.3 is 5.97 Å². The van der Waals surface area contributed by atoms with Crippen molar-refractivity contribution < 1.29 is 22.9 Å². The summed E-state index contributed by atoms with van der Waals surface area (Å²) in [6, 6.07) is 5.23. The van der Waals surface area contributed by atoms with E-state index in [1.165, 1.54) is 24.3 Å². The molecule has 0 fully saturated rings. The van der Waals surface area contributed by atoms with Gasteiger partial charge in [-0.25, -0.2) is 13.1 Å². The number of benzene rings is 1. The smallest absolute Gasteiger partial charge is 0.307 e. The molecular formula is C12H16N2O6S. The quantitative estimate of drug-likeness (QED) is 0.434. The van der Waals surface area contributed by atoms with E-state index >= 15 is 0 Å². The maximum atomic E-state index is 11.8. The van der Waals surface area contributed by atoms with E-state index in [9.17, 15) is 23.3 Å². The van der Waals surface area contributed by atoms with Crippen molar-refractivity contribution in [2.24, 2.45) is 0 Å². The van der Waals surface area contributed by atoms with Crippen LogP contribution in [0, 0.1) is 10.1 Å². The van der Waals surface area contributed by atoms with E-state index in [0.29, 0.717) is 5.56 Å². The summed E-state index contributed by atoms with van der Waals surface area (Å²) in [5.41, 5.74) is 0.315.